The van der Waals surface area contributed by atoms with Gasteiger partial charge in [0.15, 0.2) is 5.13 Å². The fourth-order valence-electron chi connectivity index (χ4n) is 1.76. The molecule has 1 aromatic heterocycles. The highest BCUT2D eigenvalue weighted by molar-refractivity contribution is 7.14. The van der Waals surface area contributed by atoms with E-state index in [4.69, 9.17) is 0 Å². The van der Waals surface area contributed by atoms with Crippen LogP contribution in [0.2, 0.25) is 0 Å². The third-order valence-corrected chi connectivity index (χ3v) is 3.32. The average molecular weight is 292 g/mol. The monoisotopic (exact) mass is 292 g/mol. The van der Waals surface area contributed by atoms with Crippen LogP contribution in [-0.2, 0) is 4.79 Å². The van der Waals surface area contributed by atoms with Crippen molar-refractivity contribution in [1.82, 2.24) is 4.98 Å². The summed E-state index contributed by atoms with van der Waals surface area (Å²) >= 11 is 1.34. The minimum Gasteiger partial charge on any atom is -0.302 e. The summed E-state index contributed by atoms with van der Waals surface area (Å²) in [6, 6.07) is 6.25. The number of amides is 1. The van der Waals surface area contributed by atoms with E-state index >= 15 is 0 Å². The standard InChI is InChI=1S/C15H17FN2OS/c1-15(2,3)8-13(19)18-14-17-12(9-20-14)10-5-4-6-11(16)7-10/h4-7,9H,8H2,1-3H3,(H,17,18,19). The second-order valence-corrected chi connectivity index (χ2v) is 6.69. The predicted octanol–water partition coefficient (Wildman–Crippen LogP) is 4.32. The molecule has 0 aliphatic carbocycles. The molecule has 0 aliphatic rings. The zero-order valence-corrected chi connectivity index (χ0v) is 12.6. The van der Waals surface area contributed by atoms with Crippen LogP contribution in [0.3, 0.4) is 0 Å². The van der Waals surface area contributed by atoms with Crippen molar-refractivity contribution in [2.24, 2.45) is 5.41 Å². The van der Waals surface area contributed by atoms with Crippen molar-refractivity contribution < 1.29 is 9.18 Å². The van der Waals surface area contributed by atoms with Gasteiger partial charge in [-0.2, -0.15) is 0 Å². The Morgan fingerprint density at radius 3 is 2.80 bits per heavy atom. The van der Waals surface area contributed by atoms with Crippen molar-refractivity contribution in [3.05, 3.63) is 35.5 Å². The van der Waals surface area contributed by atoms with Gasteiger partial charge >= 0.3 is 0 Å². The SMILES string of the molecule is CC(C)(C)CC(=O)Nc1nc(-c2cccc(F)c2)cs1. The van der Waals surface area contributed by atoms with Crippen LogP contribution < -0.4 is 5.32 Å². The zero-order chi connectivity index (χ0) is 14.8. The quantitative estimate of drug-likeness (QED) is 0.915. The predicted molar refractivity (Wildman–Crippen MR) is 80.2 cm³/mol. The first kappa shape index (κ1) is 14.7. The molecular weight excluding hydrogens is 275 g/mol. The number of nitrogens with zero attached hydrogens (tertiary/aromatic N) is 1. The third kappa shape index (κ3) is 4.13. The summed E-state index contributed by atoms with van der Waals surface area (Å²) in [4.78, 5) is 16.1. The molecule has 1 N–H and O–H groups in total. The van der Waals surface area contributed by atoms with E-state index < -0.39 is 0 Å². The first-order valence-electron chi connectivity index (χ1n) is 6.35. The van der Waals surface area contributed by atoms with Crippen LogP contribution >= 0.6 is 11.3 Å². The number of thiazole rings is 1. The first-order valence-corrected chi connectivity index (χ1v) is 7.23. The van der Waals surface area contributed by atoms with Gasteiger partial charge in [0.05, 0.1) is 5.69 Å². The minimum absolute atomic E-state index is 0.0577. The smallest absolute Gasteiger partial charge is 0.226 e. The van der Waals surface area contributed by atoms with Gasteiger partial charge in [-0.15, -0.1) is 11.3 Å². The van der Waals surface area contributed by atoms with Crippen LogP contribution in [0.25, 0.3) is 11.3 Å². The lowest BCUT2D eigenvalue weighted by atomic mass is 9.92. The molecule has 0 saturated carbocycles. The minimum atomic E-state index is -0.297. The molecule has 0 bridgehead atoms. The Morgan fingerprint density at radius 2 is 2.15 bits per heavy atom. The number of nitrogens with one attached hydrogen (secondary N) is 1. The van der Waals surface area contributed by atoms with Crippen LogP contribution in [0.1, 0.15) is 27.2 Å². The fourth-order valence-corrected chi connectivity index (χ4v) is 2.49. The summed E-state index contributed by atoms with van der Waals surface area (Å²) in [5.41, 5.74) is 1.31. The molecule has 1 heterocycles. The van der Waals surface area contributed by atoms with Crippen LogP contribution in [0.5, 0.6) is 0 Å². The number of hydrogen-bond acceptors (Lipinski definition) is 3. The van der Waals surface area contributed by atoms with E-state index in [0.29, 0.717) is 22.8 Å². The molecular formula is C15H17FN2OS. The second kappa shape index (κ2) is 5.71. The number of anilines is 1. The van der Waals surface area contributed by atoms with Crippen molar-refractivity contribution in [2.75, 3.05) is 5.32 Å². The lowest BCUT2D eigenvalue weighted by molar-refractivity contribution is -0.117. The Hall–Kier alpha value is -1.75. The first-order chi connectivity index (χ1) is 9.33. The Bertz CT molecular complexity index is 616. The van der Waals surface area contributed by atoms with Crippen molar-refractivity contribution in [3.8, 4) is 11.3 Å². The lowest BCUT2D eigenvalue weighted by Crippen LogP contribution is -2.19. The maximum Gasteiger partial charge on any atom is 0.226 e. The summed E-state index contributed by atoms with van der Waals surface area (Å²) in [6.45, 7) is 6.02. The van der Waals surface area contributed by atoms with Gasteiger partial charge < -0.3 is 5.32 Å². The molecule has 3 nitrogen and oxygen atoms in total. The van der Waals surface area contributed by atoms with Gasteiger partial charge in [-0.3, -0.25) is 4.79 Å². The maximum atomic E-state index is 13.2. The van der Waals surface area contributed by atoms with Gasteiger partial charge in [-0.1, -0.05) is 32.9 Å². The summed E-state index contributed by atoms with van der Waals surface area (Å²) in [7, 11) is 0. The Kier molecular flexibility index (Phi) is 4.18. The van der Waals surface area contributed by atoms with E-state index in [9.17, 15) is 9.18 Å². The van der Waals surface area contributed by atoms with Gasteiger partial charge in [-0.05, 0) is 17.5 Å². The average Bonchev–Trinajstić information content (AvgIpc) is 2.74. The van der Waals surface area contributed by atoms with Gasteiger partial charge in [0, 0.05) is 17.4 Å². The van der Waals surface area contributed by atoms with Crippen LogP contribution in [0.4, 0.5) is 9.52 Å². The molecule has 1 amide bonds. The molecule has 0 aliphatic heterocycles. The molecule has 20 heavy (non-hydrogen) atoms. The highest BCUT2D eigenvalue weighted by atomic mass is 32.1. The number of halogens is 1. The molecule has 0 atom stereocenters. The lowest BCUT2D eigenvalue weighted by Gasteiger charge is -2.16. The molecule has 2 rings (SSSR count). The van der Waals surface area contributed by atoms with Crippen LogP contribution in [-0.4, -0.2) is 10.9 Å². The van der Waals surface area contributed by atoms with Crippen molar-refractivity contribution >= 4 is 22.4 Å². The molecule has 0 fully saturated rings. The van der Waals surface area contributed by atoms with E-state index in [2.05, 4.69) is 10.3 Å². The Morgan fingerprint density at radius 1 is 1.40 bits per heavy atom. The largest absolute Gasteiger partial charge is 0.302 e. The number of aromatic nitrogens is 1. The van der Waals surface area contributed by atoms with E-state index in [1.165, 1.54) is 23.5 Å². The fraction of sp³-hybridized carbons (Fsp3) is 0.333. The number of rotatable bonds is 3. The van der Waals surface area contributed by atoms with E-state index in [1.54, 1.807) is 12.1 Å². The number of benzene rings is 1. The van der Waals surface area contributed by atoms with Crippen LogP contribution in [0.15, 0.2) is 29.6 Å². The summed E-state index contributed by atoms with van der Waals surface area (Å²) < 4.78 is 13.2. The molecule has 106 valence electrons. The molecule has 5 heteroatoms. The van der Waals surface area contributed by atoms with Crippen molar-refractivity contribution in [1.29, 1.82) is 0 Å². The second-order valence-electron chi connectivity index (χ2n) is 5.83. The molecule has 0 unspecified atom stereocenters. The molecule has 2 aromatic rings. The Balaban J connectivity index is 2.08. The van der Waals surface area contributed by atoms with Crippen LogP contribution in [0, 0.1) is 11.2 Å². The summed E-state index contributed by atoms with van der Waals surface area (Å²) in [5.74, 6) is -0.355. The number of carbonyl (C=O) groups is 1. The van der Waals surface area contributed by atoms with Crippen molar-refractivity contribution in [2.45, 2.75) is 27.2 Å². The zero-order valence-electron chi connectivity index (χ0n) is 11.7. The molecule has 0 saturated heterocycles. The molecule has 0 radical (unpaired) electrons. The number of hydrogen-bond donors (Lipinski definition) is 1. The van der Waals surface area contributed by atoms with Gasteiger partial charge in [0.25, 0.3) is 0 Å². The highest BCUT2D eigenvalue weighted by Crippen LogP contribution is 2.26. The van der Waals surface area contributed by atoms with E-state index in [0.717, 1.165) is 0 Å². The third-order valence-electron chi connectivity index (χ3n) is 2.56. The Labute approximate surface area is 121 Å². The van der Waals surface area contributed by atoms with Gasteiger partial charge in [0.2, 0.25) is 5.91 Å². The van der Waals surface area contributed by atoms with E-state index in [-0.39, 0.29) is 17.1 Å². The highest BCUT2D eigenvalue weighted by Gasteiger charge is 2.17. The maximum absolute atomic E-state index is 13.2. The molecule has 1 aromatic carbocycles. The van der Waals surface area contributed by atoms with Crippen molar-refractivity contribution in [3.63, 3.8) is 0 Å². The number of carbonyl (C=O) groups excluding carboxylic acids is 1. The summed E-state index contributed by atoms with van der Waals surface area (Å²) in [6.07, 6.45) is 0.432. The summed E-state index contributed by atoms with van der Waals surface area (Å²) in [5, 5.41) is 5.13. The van der Waals surface area contributed by atoms with Gasteiger partial charge in [0.1, 0.15) is 5.82 Å². The normalized spacial score (nSPS) is 11.4. The van der Waals surface area contributed by atoms with E-state index in [1.807, 2.05) is 26.2 Å². The van der Waals surface area contributed by atoms with Gasteiger partial charge in [-0.25, -0.2) is 9.37 Å². The molecule has 0 spiro atoms. The topological polar surface area (TPSA) is 42.0 Å².